The molecule has 2 fully saturated rings. The van der Waals surface area contributed by atoms with Crippen LogP contribution in [0.3, 0.4) is 0 Å². The van der Waals surface area contributed by atoms with Gasteiger partial charge in [0, 0.05) is 31.1 Å². The van der Waals surface area contributed by atoms with Gasteiger partial charge in [0.05, 0.1) is 11.7 Å². The Hall–Kier alpha value is -1.18. The summed E-state index contributed by atoms with van der Waals surface area (Å²) < 4.78 is 3.97. The Morgan fingerprint density at radius 1 is 1.33 bits per heavy atom. The number of nitrogens with zero attached hydrogens (tertiary/aromatic N) is 3. The van der Waals surface area contributed by atoms with E-state index in [1.807, 2.05) is 4.90 Å². The molecule has 0 unspecified atom stereocenters. The highest BCUT2D eigenvalue weighted by atomic mass is 32.1. The number of hydrogen-bond donors (Lipinski definition) is 2. The number of aromatic nitrogens is 1. The van der Waals surface area contributed by atoms with Crippen LogP contribution in [0.1, 0.15) is 36.0 Å². The molecule has 2 saturated heterocycles. The number of rotatable bonds is 2. The largest absolute Gasteiger partial charge is 0.392 e. The van der Waals surface area contributed by atoms with Crippen molar-refractivity contribution in [2.75, 3.05) is 31.9 Å². The summed E-state index contributed by atoms with van der Waals surface area (Å²) in [6.07, 6.45) is 3.73. The van der Waals surface area contributed by atoms with E-state index >= 15 is 0 Å². The van der Waals surface area contributed by atoms with Crippen molar-refractivity contribution in [2.45, 2.75) is 37.8 Å². The van der Waals surface area contributed by atoms with Gasteiger partial charge in [-0.3, -0.25) is 9.69 Å². The Morgan fingerprint density at radius 2 is 2.10 bits per heavy atom. The quantitative estimate of drug-likeness (QED) is 0.844. The van der Waals surface area contributed by atoms with Crippen LogP contribution in [0, 0.1) is 0 Å². The summed E-state index contributed by atoms with van der Waals surface area (Å²) in [5.74, 6) is 0.338. The summed E-state index contributed by atoms with van der Waals surface area (Å²) in [6.45, 7) is 3.36. The maximum atomic E-state index is 12.4. The van der Waals surface area contributed by atoms with Gasteiger partial charge in [0.25, 0.3) is 5.91 Å². The highest BCUT2D eigenvalue weighted by Gasteiger charge is 2.30. The topological polar surface area (TPSA) is 82.7 Å². The molecule has 0 spiro atoms. The second-order valence-electron chi connectivity index (χ2n) is 5.93. The number of likely N-dealkylation sites (tertiary alicyclic amines) is 2. The first-order valence-corrected chi connectivity index (χ1v) is 8.40. The van der Waals surface area contributed by atoms with E-state index in [4.69, 9.17) is 5.73 Å². The van der Waals surface area contributed by atoms with Gasteiger partial charge in [-0.25, -0.2) is 0 Å². The minimum atomic E-state index is -0.185. The second kappa shape index (κ2) is 6.29. The number of aliphatic hydroxyl groups excluding tert-OH is 1. The Balaban J connectivity index is 1.55. The van der Waals surface area contributed by atoms with Crippen molar-refractivity contribution in [1.82, 2.24) is 14.2 Å². The Morgan fingerprint density at radius 3 is 2.71 bits per heavy atom. The SMILES string of the molecule is Nc1nscc1C(=O)N1CCC(N2CCC[C@H](O)C2)CC1. The molecule has 1 aromatic heterocycles. The molecule has 3 rings (SSSR count). The van der Waals surface area contributed by atoms with E-state index in [-0.39, 0.29) is 12.0 Å². The van der Waals surface area contributed by atoms with Crippen LogP contribution in [0.4, 0.5) is 5.82 Å². The van der Waals surface area contributed by atoms with Gasteiger partial charge >= 0.3 is 0 Å². The number of nitrogens with two attached hydrogens (primary N) is 1. The van der Waals surface area contributed by atoms with Crippen molar-refractivity contribution in [3.05, 3.63) is 10.9 Å². The molecule has 21 heavy (non-hydrogen) atoms. The molecule has 0 saturated carbocycles. The number of hydrogen-bond acceptors (Lipinski definition) is 6. The molecular weight excluding hydrogens is 288 g/mol. The van der Waals surface area contributed by atoms with Gasteiger partial charge in [-0.1, -0.05) is 0 Å². The smallest absolute Gasteiger partial charge is 0.258 e. The number of piperidine rings is 2. The van der Waals surface area contributed by atoms with Crippen LogP contribution in [-0.4, -0.2) is 63.5 Å². The van der Waals surface area contributed by atoms with Gasteiger partial charge in [-0.2, -0.15) is 4.37 Å². The van der Waals surface area contributed by atoms with E-state index in [0.29, 0.717) is 17.4 Å². The predicted molar refractivity (Wildman–Crippen MR) is 82.3 cm³/mol. The third-order valence-electron chi connectivity index (χ3n) is 4.52. The van der Waals surface area contributed by atoms with Crippen LogP contribution in [0.25, 0.3) is 0 Å². The zero-order valence-corrected chi connectivity index (χ0v) is 12.9. The lowest BCUT2D eigenvalue weighted by Crippen LogP contribution is -2.50. The summed E-state index contributed by atoms with van der Waals surface area (Å²) in [5.41, 5.74) is 6.26. The number of carbonyl (C=O) groups excluding carboxylic acids is 1. The minimum absolute atomic E-state index is 0.00150. The number of carbonyl (C=O) groups is 1. The van der Waals surface area contributed by atoms with Crippen molar-refractivity contribution < 1.29 is 9.90 Å². The third kappa shape index (κ3) is 3.20. The first-order chi connectivity index (χ1) is 10.1. The van der Waals surface area contributed by atoms with Crippen LogP contribution >= 0.6 is 11.5 Å². The predicted octanol–water partition coefficient (Wildman–Crippen LogP) is 0.787. The van der Waals surface area contributed by atoms with Crippen molar-refractivity contribution in [3.63, 3.8) is 0 Å². The summed E-state index contributed by atoms with van der Waals surface area (Å²) in [5, 5.41) is 11.5. The fourth-order valence-electron chi connectivity index (χ4n) is 3.32. The van der Waals surface area contributed by atoms with Crippen LogP contribution in [0.15, 0.2) is 5.38 Å². The van der Waals surface area contributed by atoms with Gasteiger partial charge in [0.2, 0.25) is 0 Å². The molecule has 7 heteroatoms. The summed E-state index contributed by atoms with van der Waals surface area (Å²) in [4.78, 5) is 16.6. The number of aliphatic hydroxyl groups is 1. The van der Waals surface area contributed by atoms with Gasteiger partial charge in [-0.05, 0) is 43.8 Å². The van der Waals surface area contributed by atoms with E-state index < -0.39 is 0 Å². The normalized spacial score (nSPS) is 25.2. The fourth-order valence-corrected chi connectivity index (χ4v) is 3.92. The minimum Gasteiger partial charge on any atom is -0.392 e. The van der Waals surface area contributed by atoms with Crippen LogP contribution in [0.5, 0.6) is 0 Å². The Kier molecular flexibility index (Phi) is 4.42. The van der Waals surface area contributed by atoms with E-state index in [9.17, 15) is 9.90 Å². The first-order valence-electron chi connectivity index (χ1n) is 7.56. The maximum absolute atomic E-state index is 12.4. The van der Waals surface area contributed by atoms with Gasteiger partial charge in [0.15, 0.2) is 0 Å². The van der Waals surface area contributed by atoms with Crippen molar-refractivity contribution in [2.24, 2.45) is 0 Å². The Labute approximate surface area is 128 Å². The molecule has 0 aliphatic carbocycles. The Bertz CT molecular complexity index is 499. The third-order valence-corrected chi connectivity index (χ3v) is 5.17. The van der Waals surface area contributed by atoms with E-state index in [1.165, 1.54) is 11.5 Å². The standard InChI is InChI=1S/C14H22N4O2S/c15-13-12(9-21-16-13)14(20)17-6-3-10(4-7-17)18-5-1-2-11(19)8-18/h9-11,19H,1-8H2,(H2,15,16)/t11-/m0/s1. The zero-order valence-electron chi connectivity index (χ0n) is 12.1. The number of amides is 1. The summed E-state index contributed by atoms with van der Waals surface area (Å²) in [7, 11) is 0. The van der Waals surface area contributed by atoms with Crippen molar-refractivity contribution >= 4 is 23.3 Å². The molecule has 2 aliphatic heterocycles. The van der Waals surface area contributed by atoms with Crippen LogP contribution in [-0.2, 0) is 0 Å². The number of nitrogen functional groups attached to an aromatic ring is 1. The lowest BCUT2D eigenvalue weighted by atomic mass is 9.98. The molecule has 0 aromatic carbocycles. The summed E-state index contributed by atoms with van der Waals surface area (Å²) >= 11 is 1.22. The molecule has 1 atom stereocenters. The molecule has 3 heterocycles. The highest BCUT2D eigenvalue weighted by Crippen LogP contribution is 2.23. The van der Waals surface area contributed by atoms with E-state index in [0.717, 1.165) is 51.9 Å². The van der Waals surface area contributed by atoms with Crippen molar-refractivity contribution in [1.29, 1.82) is 0 Å². The molecule has 116 valence electrons. The molecule has 0 radical (unpaired) electrons. The van der Waals surface area contributed by atoms with Crippen LogP contribution in [0.2, 0.25) is 0 Å². The maximum Gasteiger partial charge on any atom is 0.258 e. The average Bonchev–Trinajstić information content (AvgIpc) is 2.93. The van der Waals surface area contributed by atoms with E-state index in [2.05, 4.69) is 9.27 Å². The number of β-amino-alcohol motifs (C(OH)–C–C–N with tert-alkyl or cyclic N) is 1. The molecule has 0 bridgehead atoms. The van der Waals surface area contributed by atoms with Crippen LogP contribution < -0.4 is 5.73 Å². The number of anilines is 1. The molecule has 1 aromatic rings. The molecule has 3 N–H and O–H groups in total. The molecule has 1 amide bonds. The lowest BCUT2D eigenvalue weighted by Gasteiger charge is -2.41. The van der Waals surface area contributed by atoms with Gasteiger partial charge < -0.3 is 15.7 Å². The second-order valence-corrected chi connectivity index (χ2v) is 6.56. The molecule has 2 aliphatic rings. The lowest BCUT2D eigenvalue weighted by molar-refractivity contribution is 0.0241. The average molecular weight is 310 g/mol. The zero-order chi connectivity index (χ0) is 14.8. The first kappa shape index (κ1) is 14.7. The van der Waals surface area contributed by atoms with Crippen molar-refractivity contribution in [3.8, 4) is 0 Å². The van der Waals surface area contributed by atoms with Gasteiger partial charge in [-0.15, -0.1) is 0 Å². The highest BCUT2D eigenvalue weighted by molar-refractivity contribution is 7.04. The molecule has 6 nitrogen and oxygen atoms in total. The molecular formula is C14H22N4O2S. The monoisotopic (exact) mass is 310 g/mol. The van der Waals surface area contributed by atoms with Gasteiger partial charge in [0.1, 0.15) is 5.82 Å². The fraction of sp³-hybridized carbons (Fsp3) is 0.714. The summed E-state index contributed by atoms with van der Waals surface area (Å²) in [6, 6.07) is 0.488. The van der Waals surface area contributed by atoms with E-state index in [1.54, 1.807) is 5.38 Å².